The number of hydrogen-bond donors (Lipinski definition) is 3. The van der Waals surface area contributed by atoms with Crippen molar-refractivity contribution in [3.8, 4) is 11.5 Å². The van der Waals surface area contributed by atoms with Crippen molar-refractivity contribution in [2.45, 2.75) is 19.8 Å². The number of nitrogens with one attached hydrogen (secondary N) is 3. The van der Waals surface area contributed by atoms with E-state index in [0.29, 0.717) is 36.8 Å². The number of anilines is 2. The van der Waals surface area contributed by atoms with Gasteiger partial charge in [0, 0.05) is 23.5 Å². The van der Waals surface area contributed by atoms with Gasteiger partial charge >= 0.3 is 0 Å². The molecule has 178 valence electrons. The largest absolute Gasteiger partial charge is 0.490 e. The van der Waals surface area contributed by atoms with Crippen LogP contribution < -0.4 is 25.4 Å². The van der Waals surface area contributed by atoms with E-state index in [-0.39, 0.29) is 18.4 Å². The van der Waals surface area contributed by atoms with Crippen LogP contribution in [0, 0.1) is 0 Å². The molecule has 7 heteroatoms. The molecule has 0 atom stereocenters. The number of hydrogen-bond acceptors (Lipinski definition) is 5. The fourth-order valence-corrected chi connectivity index (χ4v) is 3.08. The van der Waals surface area contributed by atoms with Crippen LogP contribution in [0.3, 0.4) is 0 Å². The second-order valence-electron chi connectivity index (χ2n) is 7.62. The zero-order valence-corrected chi connectivity index (χ0v) is 19.4. The van der Waals surface area contributed by atoms with Crippen LogP contribution in [-0.4, -0.2) is 38.1 Å². The summed E-state index contributed by atoms with van der Waals surface area (Å²) < 4.78 is 11.3. The molecule has 0 aromatic heterocycles. The van der Waals surface area contributed by atoms with Crippen LogP contribution in [0.4, 0.5) is 11.4 Å². The van der Waals surface area contributed by atoms with E-state index >= 15 is 0 Å². The van der Waals surface area contributed by atoms with Crippen LogP contribution in [0.15, 0.2) is 78.9 Å². The van der Waals surface area contributed by atoms with Crippen LogP contribution in [0.2, 0.25) is 0 Å². The molecule has 3 aromatic rings. The minimum Gasteiger partial charge on any atom is -0.490 e. The average Bonchev–Trinajstić information content (AvgIpc) is 2.87. The molecule has 2 amide bonds. The van der Waals surface area contributed by atoms with Gasteiger partial charge in [-0.15, -0.1) is 0 Å². The van der Waals surface area contributed by atoms with Crippen molar-refractivity contribution in [3.05, 3.63) is 84.4 Å². The quantitative estimate of drug-likeness (QED) is 0.321. The highest BCUT2D eigenvalue weighted by molar-refractivity contribution is 5.95. The minimum absolute atomic E-state index is 0.0890. The Kier molecular flexibility index (Phi) is 9.80. The topological polar surface area (TPSA) is 88.7 Å². The van der Waals surface area contributed by atoms with Gasteiger partial charge in [0.1, 0.15) is 24.7 Å². The summed E-state index contributed by atoms with van der Waals surface area (Å²) in [6.45, 7) is 3.72. The molecule has 0 heterocycles. The molecule has 3 aromatic carbocycles. The Labute approximate surface area is 200 Å². The molecule has 34 heavy (non-hydrogen) atoms. The maximum Gasteiger partial charge on any atom is 0.251 e. The van der Waals surface area contributed by atoms with Crippen LogP contribution in [0.1, 0.15) is 30.1 Å². The maximum absolute atomic E-state index is 12.3. The molecule has 0 spiro atoms. The van der Waals surface area contributed by atoms with Crippen molar-refractivity contribution in [1.82, 2.24) is 5.32 Å². The second kappa shape index (κ2) is 13.5. The molecule has 0 aliphatic heterocycles. The number of para-hydroxylation sites is 1. The molecule has 3 N–H and O–H groups in total. The molecule has 0 fully saturated rings. The molecule has 7 nitrogen and oxygen atoms in total. The summed E-state index contributed by atoms with van der Waals surface area (Å²) in [5.74, 6) is 1.24. The number of carbonyl (C=O) groups is 2. The molecular formula is C27H31N3O4. The molecule has 0 unspecified atom stereocenters. The van der Waals surface area contributed by atoms with Gasteiger partial charge in [-0.2, -0.15) is 0 Å². The van der Waals surface area contributed by atoms with E-state index in [1.165, 1.54) is 0 Å². The van der Waals surface area contributed by atoms with Crippen LogP contribution in [-0.2, 0) is 4.79 Å². The summed E-state index contributed by atoms with van der Waals surface area (Å²) >= 11 is 0. The smallest absolute Gasteiger partial charge is 0.251 e. The van der Waals surface area contributed by atoms with E-state index < -0.39 is 0 Å². The van der Waals surface area contributed by atoms with Crippen molar-refractivity contribution in [2.75, 3.05) is 36.9 Å². The zero-order valence-electron chi connectivity index (χ0n) is 19.4. The molecule has 0 bridgehead atoms. The van der Waals surface area contributed by atoms with Crippen LogP contribution in [0.25, 0.3) is 0 Å². The highest BCUT2D eigenvalue weighted by atomic mass is 16.5. The second-order valence-corrected chi connectivity index (χ2v) is 7.62. The summed E-state index contributed by atoms with van der Waals surface area (Å²) in [6.07, 6.45) is 1.99. The molecular weight excluding hydrogens is 430 g/mol. The Bertz CT molecular complexity index is 1020. The van der Waals surface area contributed by atoms with Crippen molar-refractivity contribution < 1.29 is 19.1 Å². The van der Waals surface area contributed by atoms with Gasteiger partial charge in [0.2, 0.25) is 5.91 Å². The van der Waals surface area contributed by atoms with Gasteiger partial charge in [-0.25, -0.2) is 0 Å². The number of benzene rings is 3. The Morgan fingerprint density at radius 1 is 0.765 bits per heavy atom. The number of rotatable bonds is 13. The molecule has 0 saturated heterocycles. The van der Waals surface area contributed by atoms with E-state index in [9.17, 15) is 9.59 Å². The number of ether oxygens (including phenoxy) is 2. The SMILES string of the molecule is CCCCNC(=O)c1ccc(NCC(=O)Nc2ccc(OCCOc3ccccc3)cc2)cc1. The van der Waals surface area contributed by atoms with Gasteiger partial charge in [-0.05, 0) is 67.1 Å². The first-order valence-corrected chi connectivity index (χ1v) is 11.5. The third-order valence-corrected chi connectivity index (χ3v) is 4.92. The van der Waals surface area contributed by atoms with Gasteiger partial charge < -0.3 is 25.4 Å². The minimum atomic E-state index is -0.175. The third-order valence-electron chi connectivity index (χ3n) is 4.92. The average molecular weight is 462 g/mol. The van der Waals surface area contributed by atoms with Crippen LogP contribution >= 0.6 is 0 Å². The molecule has 0 saturated carbocycles. The van der Waals surface area contributed by atoms with Crippen LogP contribution in [0.5, 0.6) is 11.5 Å². The predicted molar refractivity (Wildman–Crippen MR) is 135 cm³/mol. The lowest BCUT2D eigenvalue weighted by Crippen LogP contribution is -2.24. The maximum atomic E-state index is 12.3. The Morgan fingerprint density at radius 3 is 2.03 bits per heavy atom. The molecule has 0 aliphatic carbocycles. The number of carbonyl (C=O) groups excluding carboxylic acids is 2. The van der Waals surface area contributed by atoms with E-state index in [1.54, 1.807) is 48.5 Å². The van der Waals surface area contributed by atoms with E-state index in [0.717, 1.165) is 24.3 Å². The summed E-state index contributed by atoms with van der Waals surface area (Å²) in [5.41, 5.74) is 2.04. The van der Waals surface area contributed by atoms with Gasteiger partial charge in [-0.1, -0.05) is 31.5 Å². The van der Waals surface area contributed by atoms with Crippen molar-refractivity contribution in [2.24, 2.45) is 0 Å². The lowest BCUT2D eigenvalue weighted by Gasteiger charge is -2.10. The molecule has 0 radical (unpaired) electrons. The number of amides is 2. The fourth-order valence-electron chi connectivity index (χ4n) is 3.08. The van der Waals surface area contributed by atoms with Gasteiger partial charge in [0.05, 0.1) is 6.54 Å². The Balaban J connectivity index is 1.35. The first kappa shape index (κ1) is 24.6. The summed E-state index contributed by atoms with van der Waals surface area (Å²) in [4.78, 5) is 24.3. The van der Waals surface area contributed by atoms with E-state index in [2.05, 4.69) is 22.9 Å². The van der Waals surface area contributed by atoms with Crippen molar-refractivity contribution in [1.29, 1.82) is 0 Å². The highest BCUT2D eigenvalue weighted by Crippen LogP contribution is 2.16. The standard InChI is InChI=1S/C27H31N3O4/c1-2-3-17-28-27(32)21-9-11-22(12-10-21)29-20-26(31)30-23-13-15-25(16-14-23)34-19-18-33-24-7-5-4-6-8-24/h4-16,29H,2-3,17-20H2,1H3,(H,28,32)(H,30,31). The fraction of sp³-hybridized carbons (Fsp3) is 0.259. The van der Waals surface area contributed by atoms with Crippen molar-refractivity contribution in [3.63, 3.8) is 0 Å². The van der Waals surface area contributed by atoms with Crippen molar-refractivity contribution >= 4 is 23.2 Å². The van der Waals surface area contributed by atoms with E-state index in [1.807, 2.05) is 30.3 Å². The summed E-state index contributed by atoms with van der Waals surface area (Å²) in [7, 11) is 0. The highest BCUT2D eigenvalue weighted by Gasteiger charge is 2.06. The Morgan fingerprint density at radius 2 is 1.38 bits per heavy atom. The first-order valence-electron chi connectivity index (χ1n) is 11.5. The number of unbranched alkanes of at least 4 members (excludes halogenated alkanes) is 1. The van der Waals surface area contributed by atoms with Gasteiger partial charge in [0.15, 0.2) is 0 Å². The predicted octanol–water partition coefficient (Wildman–Crippen LogP) is 4.72. The Hall–Kier alpha value is -4.00. The lowest BCUT2D eigenvalue weighted by molar-refractivity contribution is -0.114. The molecule has 3 rings (SSSR count). The lowest BCUT2D eigenvalue weighted by atomic mass is 10.2. The summed E-state index contributed by atoms with van der Waals surface area (Å²) in [6, 6.07) is 23.8. The summed E-state index contributed by atoms with van der Waals surface area (Å²) in [5, 5.41) is 8.78. The zero-order chi connectivity index (χ0) is 24.0. The van der Waals surface area contributed by atoms with Gasteiger partial charge in [-0.3, -0.25) is 9.59 Å². The van der Waals surface area contributed by atoms with Gasteiger partial charge in [0.25, 0.3) is 5.91 Å². The monoisotopic (exact) mass is 461 g/mol. The normalized spacial score (nSPS) is 10.3. The first-order chi connectivity index (χ1) is 16.6. The molecule has 0 aliphatic rings. The third kappa shape index (κ3) is 8.50. The van der Waals surface area contributed by atoms with E-state index in [4.69, 9.17) is 9.47 Å².